The summed E-state index contributed by atoms with van der Waals surface area (Å²) >= 11 is 1.46. The Bertz CT molecular complexity index is 1040. The van der Waals surface area contributed by atoms with Crippen molar-refractivity contribution < 1.29 is 9.53 Å². The van der Waals surface area contributed by atoms with Gasteiger partial charge in [0.15, 0.2) is 0 Å². The van der Waals surface area contributed by atoms with Gasteiger partial charge in [-0.2, -0.15) is 5.26 Å². The molecular formula is C26H26N2O2S. The van der Waals surface area contributed by atoms with E-state index < -0.39 is 0 Å². The van der Waals surface area contributed by atoms with Gasteiger partial charge in [0.2, 0.25) is 0 Å². The van der Waals surface area contributed by atoms with E-state index in [0.717, 1.165) is 22.0 Å². The molecule has 0 saturated carbocycles. The number of benzene rings is 3. The molecule has 0 spiro atoms. The Labute approximate surface area is 188 Å². The summed E-state index contributed by atoms with van der Waals surface area (Å²) in [5, 5.41) is 12.3. The van der Waals surface area contributed by atoms with E-state index >= 15 is 0 Å². The Morgan fingerprint density at radius 1 is 0.935 bits per heavy atom. The van der Waals surface area contributed by atoms with Crippen molar-refractivity contribution in [2.75, 3.05) is 11.9 Å². The lowest BCUT2D eigenvalue weighted by atomic mass is 10.2. The van der Waals surface area contributed by atoms with Crippen LogP contribution in [0.2, 0.25) is 0 Å². The van der Waals surface area contributed by atoms with Crippen LogP contribution < -0.4 is 10.1 Å². The minimum absolute atomic E-state index is 0.184. The van der Waals surface area contributed by atoms with Crippen molar-refractivity contribution in [1.82, 2.24) is 0 Å². The van der Waals surface area contributed by atoms with Gasteiger partial charge in [-0.05, 0) is 55.0 Å². The molecule has 158 valence electrons. The minimum Gasteiger partial charge on any atom is -0.494 e. The highest BCUT2D eigenvalue weighted by molar-refractivity contribution is 7.99. The van der Waals surface area contributed by atoms with Gasteiger partial charge in [-0.25, -0.2) is 0 Å². The van der Waals surface area contributed by atoms with Crippen LogP contribution in [0.15, 0.2) is 82.6 Å². The number of carbonyl (C=O) groups excluding carboxylic acids is 1. The predicted octanol–water partition coefficient (Wildman–Crippen LogP) is 6.92. The van der Waals surface area contributed by atoms with Gasteiger partial charge < -0.3 is 10.1 Å². The molecule has 0 aliphatic carbocycles. The Morgan fingerprint density at radius 2 is 1.65 bits per heavy atom. The molecule has 3 aromatic rings. The molecule has 3 aromatic carbocycles. The van der Waals surface area contributed by atoms with E-state index in [2.05, 4.69) is 18.3 Å². The standard InChI is InChI=1S/C26H26N2O2S/c1-2-3-4-9-18-30-22-16-14-20(15-17-22)26(29)28-23-11-6-8-13-25(23)31-24-12-7-5-10-21(24)19-27/h5-8,10-17H,2-4,9,18H2,1H3,(H,28,29). The monoisotopic (exact) mass is 430 g/mol. The van der Waals surface area contributed by atoms with Crippen LogP contribution >= 0.6 is 11.8 Å². The molecule has 0 unspecified atom stereocenters. The second kappa shape index (κ2) is 11.8. The molecule has 0 fully saturated rings. The Balaban J connectivity index is 1.64. The van der Waals surface area contributed by atoms with Crippen molar-refractivity contribution in [1.29, 1.82) is 5.26 Å². The molecule has 0 aliphatic heterocycles. The van der Waals surface area contributed by atoms with E-state index in [1.165, 1.54) is 31.0 Å². The second-order valence-electron chi connectivity index (χ2n) is 7.09. The van der Waals surface area contributed by atoms with Crippen molar-refractivity contribution >= 4 is 23.4 Å². The van der Waals surface area contributed by atoms with Gasteiger partial charge in [0, 0.05) is 15.4 Å². The molecular weight excluding hydrogens is 404 g/mol. The van der Waals surface area contributed by atoms with Crippen LogP contribution in [0.1, 0.15) is 48.5 Å². The van der Waals surface area contributed by atoms with Crippen molar-refractivity contribution in [2.24, 2.45) is 0 Å². The first-order valence-corrected chi connectivity index (χ1v) is 11.3. The number of nitrogens with one attached hydrogen (secondary N) is 1. The molecule has 0 heterocycles. The summed E-state index contributed by atoms with van der Waals surface area (Å²) in [5.74, 6) is 0.591. The highest BCUT2D eigenvalue weighted by atomic mass is 32.2. The van der Waals surface area contributed by atoms with E-state index in [0.29, 0.717) is 23.4 Å². The van der Waals surface area contributed by atoms with Crippen LogP contribution in [-0.2, 0) is 0 Å². The zero-order chi connectivity index (χ0) is 21.9. The molecule has 5 heteroatoms. The fraction of sp³-hybridized carbons (Fsp3) is 0.231. The van der Waals surface area contributed by atoms with Crippen molar-refractivity contribution in [3.8, 4) is 11.8 Å². The Hall–Kier alpha value is -3.23. The first-order chi connectivity index (χ1) is 15.2. The second-order valence-corrected chi connectivity index (χ2v) is 8.18. The van der Waals surface area contributed by atoms with Gasteiger partial charge in [-0.3, -0.25) is 4.79 Å². The number of unbranched alkanes of at least 4 members (excludes halogenated alkanes) is 3. The summed E-state index contributed by atoms with van der Waals surface area (Å²) in [6, 6.07) is 24.5. The first kappa shape index (κ1) is 22.5. The van der Waals surface area contributed by atoms with E-state index in [-0.39, 0.29) is 5.91 Å². The van der Waals surface area contributed by atoms with Crippen LogP contribution in [0.5, 0.6) is 5.75 Å². The smallest absolute Gasteiger partial charge is 0.255 e. The number of anilines is 1. The van der Waals surface area contributed by atoms with E-state index in [1.54, 1.807) is 18.2 Å². The van der Waals surface area contributed by atoms with Crippen molar-refractivity contribution in [3.05, 3.63) is 83.9 Å². The van der Waals surface area contributed by atoms with E-state index in [1.807, 2.05) is 54.6 Å². The maximum absolute atomic E-state index is 12.8. The number of hydrogen-bond acceptors (Lipinski definition) is 4. The molecule has 4 nitrogen and oxygen atoms in total. The van der Waals surface area contributed by atoms with Gasteiger partial charge in [0.25, 0.3) is 5.91 Å². The third kappa shape index (κ3) is 6.63. The highest BCUT2D eigenvalue weighted by Crippen LogP contribution is 2.35. The molecule has 1 amide bonds. The fourth-order valence-electron chi connectivity index (χ4n) is 3.04. The molecule has 0 radical (unpaired) electrons. The number of carbonyl (C=O) groups is 1. The lowest BCUT2D eigenvalue weighted by Gasteiger charge is -2.12. The number of nitriles is 1. The predicted molar refractivity (Wildman–Crippen MR) is 126 cm³/mol. The summed E-state index contributed by atoms with van der Waals surface area (Å²) in [7, 11) is 0. The van der Waals surface area contributed by atoms with Crippen LogP contribution in [0.3, 0.4) is 0 Å². The average molecular weight is 431 g/mol. The maximum Gasteiger partial charge on any atom is 0.255 e. The minimum atomic E-state index is -0.184. The lowest BCUT2D eigenvalue weighted by molar-refractivity contribution is 0.102. The normalized spacial score (nSPS) is 10.3. The lowest BCUT2D eigenvalue weighted by Crippen LogP contribution is -2.12. The van der Waals surface area contributed by atoms with Crippen LogP contribution in [-0.4, -0.2) is 12.5 Å². The number of nitrogens with zero attached hydrogens (tertiary/aromatic N) is 1. The SMILES string of the molecule is CCCCCCOc1ccc(C(=O)Nc2ccccc2Sc2ccccc2C#N)cc1. The van der Waals surface area contributed by atoms with Gasteiger partial charge in [0.05, 0.1) is 17.9 Å². The number of rotatable bonds is 10. The first-order valence-electron chi connectivity index (χ1n) is 10.5. The van der Waals surface area contributed by atoms with Gasteiger partial charge in [-0.15, -0.1) is 0 Å². The number of hydrogen-bond donors (Lipinski definition) is 1. The van der Waals surface area contributed by atoms with Crippen molar-refractivity contribution in [2.45, 2.75) is 42.4 Å². The summed E-state index contributed by atoms with van der Waals surface area (Å²) in [5.41, 5.74) is 1.89. The van der Waals surface area contributed by atoms with E-state index in [4.69, 9.17) is 4.74 Å². The molecule has 0 saturated heterocycles. The number of ether oxygens (including phenoxy) is 1. The van der Waals surface area contributed by atoms with Gasteiger partial charge in [0.1, 0.15) is 11.8 Å². The third-order valence-corrected chi connectivity index (χ3v) is 5.90. The average Bonchev–Trinajstić information content (AvgIpc) is 2.81. The highest BCUT2D eigenvalue weighted by Gasteiger charge is 2.11. The van der Waals surface area contributed by atoms with Crippen molar-refractivity contribution in [3.63, 3.8) is 0 Å². The number of para-hydroxylation sites is 1. The molecule has 0 aliphatic rings. The Kier molecular flexibility index (Phi) is 8.57. The number of amides is 1. The van der Waals surface area contributed by atoms with Crippen LogP contribution in [0.4, 0.5) is 5.69 Å². The summed E-state index contributed by atoms with van der Waals surface area (Å²) in [4.78, 5) is 14.5. The van der Waals surface area contributed by atoms with Gasteiger partial charge in [-0.1, -0.05) is 62.2 Å². The molecule has 31 heavy (non-hydrogen) atoms. The van der Waals surface area contributed by atoms with Crippen LogP contribution in [0, 0.1) is 11.3 Å². The third-order valence-electron chi connectivity index (χ3n) is 4.75. The van der Waals surface area contributed by atoms with Crippen LogP contribution in [0.25, 0.3) is 0 Å². The molecule has 0 atom stereocenters. The summed E-state index contributed by atoms with van der Waals surface area (Å²) in [6.45, 7) is 2.88. The van der Waals surface area contributed by atoms with E-state index in [9.17, 15) is 10.1 Å². The topological polar surface area (TPSA) is 62.1 Å². The fourth-order valence-corrected chi connectivity index (χ4v) is 4.02. The summed E-state index contributed by atoms with van der Waals surface area (Å²) in [6.07, 6.45) is 4.65. The van der Waals surface area contributed by atoms with Gasteiger partial charge >= 0.3 is 0 Å². The zero-order valence-corrected chi connectivity index (χ0v) is 18.5. The molecule has 0 bridgehead atoms. The quantitative estimate of drug-likeness (QED) is 0.355. The molecule has 1 N–H and O–H groups in total. The summed E-state index contributed by atoms with van der Waals surface area (Å²) < 4.78 is 5.75. The maximum atomic E-state index is 12.8. The molecule has 3 rings (SSSR count). The Morgan fingerprint density at radius 3 is 2.39 bits per heavy atom. The zero-order valence-electron chi connectivity index (χ0n) is 17.6. The largest absolute Gasteiger partial charge is 0.494 e. The molecule has 0 aromatic heterocycles.